The van der Waals surface area contributed by atoms with Gasteiger partial charge in [-0.2, -0.15) is 13.2 Å². The van der Waals surface area contributed by atoms with Gasteiger partial charge in [0.05, 0.1) is 12.2 Å². The predicted octanol–water partition coefficient (Wildman–Crippen LogP) is -0.352. The SMILES string of the molecule is CCOC(=O)N[C@]1(C(F)(F)F)[NH+]=C(c2ccccc2)NC1=O. The van der Waals surface area contributed by atoms with Gasteiger partial charge in [0.2, 0.25) is 0 Å². The predicted molar refractivity (Wildman–Crippen MR) is 68.6 cm³/mol. The number of rotatable bonds is 3. The van der Waals surface area contributed by atoms with Crippen LogP contribution in [0, 0.1) is 0 Å². The Morgan fingerprint density at radius 1 is 1.36 bits per heavy atom. The summed E-state index contributed by atoms with van der Waals surface area (Å²) in [4.78, 5) is 25.3. The van der Waals surface area contributed by atoms with Crippen LogP contribution in [0.2, 0.25) is 0 Å². The van der Waals surface area contributed by atoms with Crippen molar-refractivity contribution in [1.82, 2.24) is 10.6 Å². The van der Waals surface area contributed by atoms with E-state index in [2.05, 4.69) is 10.1 Å². The van der Waals surface area contributed by atoms with Crippen molar-refractivity contribution in [3.63, 3.8) is 0 Å². The number of alkyl halides is 3. The van der Waals surface area contributed by atoms with Crippen LogP contribution in [0.1, 0.15) is 12.5 Å². The van der Waals surface area contributed by atoms with Crippen molar-refractivity contribution in [2.75, 3.05) is 6.61 Å². The highest BCUT2D eigenvalue weighted by atomic mass is 19.4. The summed E-state index contributed by atoms with van der Waals surface area (Å²) in [6.45, 7) is 1.31. The molecule has 118 valence electrons. The van der Waals surface area contributed by atoms with Crippen LogP contribution >= 0.6 is 0 Å². The lowest BCUT2D eigenvalue weighted by Gasteiger charge is -2.22. The monoisotopic (exact) mass is 316 g/mol. The number of carbonyl (C=O) groups is 2. The van der Waals surface area contributed by atoms with Crippen LogP contribution in [0.5, 0.6) is 0 Å². The molecular formula is C13H13F3N3O3+. The van der Waals surface area contributed by atoms with Crippen molar-refractivity contribution in [2.24, 2.45) is 0 Å². The minimum atomic E-state index is -5.07. The quantitative estimate of drug-likeness (QED) is 0.713. The molecule has 0 unspecified atom stereocenters. The number of hydrogen-bond donors (Lipinski definition) is 3. The standard InChI is InChI=1S/C13H12F3N3O3/c1-2-22-11(21)19-12(13(14,15)16)10(20)17-9(18-12)8-6-4-3-5-7-8/h3-7H,2H2,1H3,(H,19,21)(H,17,18,20)/p+1/t12-/m1/s1. The molecule has 1 aliphatic heterocycles. The summed E-state index contributed by atoms with van der Waals surface area (Å²) >= 11 is 0. The molecule has 1 heterocycles. The van der Waals surface area contributed by atoms with Crippen molar-refractivity contribution in [3.8, 4) is 0 Å². The van der Waals surface area contributed by atoms with Crippen molar-refractivity contribution < 1.29 is 32.5 Å². The van der Waals surface area contributed by atoms with E-state index in [9.17, 15) is 22.8 Å². The molecular weight excluding hydrogens is 303 g/mol. The first kappa shape index (κ1) is 15.8. The van der Waals surface area contributed by atoms with E-state index in [0.29, 0.717) is 5.56 Å². The minimum Gasteiger partial charge on any atom is -0.450 e. The summed E-state index contributed by atoms with van der Waals surface area (Å²) in [7, 11) is 0. The van der Waals surface area contributed by atoms with Gasteiger partial charge in [-0.05, 0) is 19.1 Å². The van der Waals surface area contributed by atoms with Gasteiger partial charge in [0.1, 0.15) is 0 Å². The molecule has 1 aromatic carbocycles. The Bertz CT molecular complexity index is 616. The maximum Gasteiger partial charge on any atom is 0.465 e. The fourth-order valence-electron chi connectivity index (χ4n) is 1.91. The molecule has 0 aliphatic carbocycles. The Morgan fingerprint density at radius 2 is 2.00 bits per heavy atom. The number of halogens is 3. The van der Waals surface area contributed by atoms with Crippen molar-refractivity contribution >= 4 is 17.8 Å². The fourth-order valence-corrected chi connectivity index (χ4v) is 1.91. The number of hydrogen-bond acceptors (Lipinski definition) is 3. The second-order valence-electron chi connectivity index (χ2n) is 4.41. The lowest BCUT2D eigenvalue weighted by Crippen LogP contribution is -2.96. The molecule has 0 spiro atoms. The molecule has 1 atom stereocenters. The van der Waals surface area contributed by atoms with Gasteiger partial charge in [0.15, 0.2) is 0 Å². The van der Waals surface area contributed by atoms with Gasteiger partial charge in [-0.3, -0.25) is 5.32 Å². The molecule has 0 saturated heterocycles. The number of nitrogens with one attached hydrogen (secondary N) is 3. The highest BCUT2D eigenvalue weighted by Crippen LogP contribution is 2.26. The highest BCUT2D eigenvalue weighted by Gasteiger charge is 2.70. The van der Waals surface area contributed by atoms with E-state index < -0.39 is 23.8 Å². The lowest BCUT2D eigenvalue weighted by molar-refractivity contribution is -0.581. The summed E-state index contributed by atoms with van der Waals surface area (Å²) in [5, 5.41) is 3.64. The number of benzene rings is 1. The number of carbonyl (C=O) groups excluding carboxylic acids is 2. The normalized spacial score (nSPS) is 21.1. The van der Waals surface area contributed by atoms with Crippen LogP contribution in [-0.2, 0) is 9.53 Å². The summed E-state index contributed by atoms with van der Waals surface area (Å²) in [6.07, 6.45) is -6.42. The average Bonchev–Trinajstić information content (AvgIpc) is 2.78. The molecule has 1 aromatic rings. The Morgan fingerprint density at radius 3 is 2.55 bits per heavy atom. The van der Waals surface area contributed by atoms with Gasteiger partial charge in [0.25, 0.3) is 5.84 Å². The van der Waals surface area contributed by atoms with Crippen molar-refractivity contribution in [1.29, 1.82) is 0 Å². The van der Waals surface area contributed by atoms with Crippen LogP contribution in [-0.4, -0.2) is 36.3 Å². The highest BCUT2D eigenvalue weighted by molar-refractivity contribution is 6.10. The fraction of sp³-hybridized carbons (Fsp3) is 0.308. The minimum absolute atomic E-state index is 0.128. The molecule has 0 aromatic heterocycles. The molecule has 0 fully saturated rings. The van der Waals surface area contributed by atoms with E-state index in [1.165, 1.54) is 19.1 Å². The average molecular weight is 316 g/mol. The molecule has 0 bridgehead atoms. The van der Waals surface area contributed by atoms with Crippen LogP contribution in [0.15, 0.2) is 30.3 Å². The van der Waals surface area contributed by atoms with E-state index in [4.69, 9.17) is 0 Å². The molecule has 3 N–H and O–H groups in total. The smallest absolute Gasteiger partial charge is 0.450 e. The molecule has 1 aliphatic rings. The summed E-state index contributed by atoms with van der Waals surface area (Å²) in [5.74, 6) is -1.59. The molecule has 6 nitrogen and oxygen atoms in total. The first-order chi connectivity index (χ1) is 10.3. The summed E-state index contributed by atoms with van der Waals surface area (Å²) in [5.41, 5.74) is -2.93. The second kappa shape index (κ2) is 5.66. The molecule has 22 heavy (non-hydrogen) atoms. The van der Waals surface area contributed by atoms with Gasteiger partial charge < -0.3 is 4.74 Å². The Labute approximate surface area is 123 Å². The van der Waals surface area contributed by atoms with Gasteiger partial charge in [-0.25, -0.2) is 19.9 Å². The zero-order valence-electron chi connectivity index (χ0n) is 11.5. The maximum atomic E-state index is 13.3. The molecule has 9 heteroatoms. The van der Waals surface area contributed by atoms with Crippen molar-refractivity contribution in [3.05, 3.63) is 35.9 Å². The largest absolute Gasteiger partial charge is 0.465 e. The maximum absolute atomic E-state index is 13.3. The van der Waals surface area contributed by atoms with Gasteiger partial charge in [-0.1, -0.05) is 18.2 Å². The molecule has 0 radical (unpaired) electrons. The van der Waals surface area contributed by atoms with Crippen LogP contribution in [0.25, 0.3) is 0 Å². The third kappa shape index (κ3) is 2.74. The van der Waals surface area contributed by atoms with E-state index in [1.807, 2.05) is 4.99 Å². The summed E-state index contributed by atoms with van der Waals surface area (Å²) < 4.78 is 44.5. The van der Waals surface area contributed by atoms with E-state index in [-0.39, 0.29) is 12.4 Å². The first-order valence-corrected chi connectivity index (χ1v) is 6.34. The van der Waals surface area contributed by atoms with Gasteiger partial charge >= 0.3 is 23.8 Å². The topological polar surface area (TPSA) is 81.4 Å². The van der Waals surface area contributed by atoms with Crippen LogP contribution in [0.4, 0.5) is 18.0 Å². The lowest BCUT2D eigenvalue weighted by atomic mass is 10.1. The van der Waals surface area contributed by atoms with Crippen LogP contribution < -0.4 is 15.6 Å². The number of amidine groups is 1. The Kier molecular flexibility index (Phi) is 4.07. The van der Waals surface area contributed by atoms with Gasteiger partial charge in [0, 0.05) is 0 Å². The third-order valence-electron chi connectivity index (χ3n) is 2.94. The van der Waals surface area contributed by atoms with Gasteiger partial charge in [-0.15, -0.1) is 0 Å². The van der Waals surface area contributed by atoms with E-state index >= 15 is 0 Å². The Balaban J connectivity index is 2.43. The third-order valence-corrected chi connectivity index (χ3v) is 2.94. The van der Waals surface area contributed by atoms with E-state index in [0.717, 1.165) is 0 Å². The number of ether oxygens (including phenoxy) is 1. The zero-order chi connectivity index (χ0) is 16.4. The van der Waals surface area contributed by atoms with Crippen LogP contribution in [0.3, 0.4) is 0 Å². The molecule has 2 amide bonds. The second-order valence-corrected chi connectivity index (χ2v) is 4.41. The Hall–Kier alpha value is -2.58. The summed E-state index contributed by atoms with van der Waals surface area (Å²) in [6, 6.07) is 7.90. The zero-order valence-corrected chi connectivity index (χ0v) is 11.5. The number of alkyl carbamates (subject to hydrolysis) is 1. The molecule has 0 saturated carbocycles. The van der Waals surface area contributed by atoms with Crippen molar-refractivity contribution in [2.45, 2.75) is 18.8 Å². The first-order valence-electron chi connectivity index (χ1n) is 6.34. The molecule has 2 rings (SSSR count). The van der Waals surface area contributed by atoms with E-state index in [1.54, 1.807) is 23.5 Å². The number of amides is 2.